The van der Waals surface area contributed by atoms with Crippen LogP contribution in [0.1, 0.15) is 16.5 Å². The number of aromatic carboxylic acids is 1. The van der Waals surface area contributed by atoms with Gasteiger partial charge in [-0.2, -0.15) is 5.10 Å². The molecule has 15 heteroatoms. The maximum Gasteiger partial charge on any atom is 0.336 e. The predicted octanol–water partition coefficient (Wildman–Crippen LogP) is 2.87. The molecule has 1 aliphatic heterocycles. The maximum absolute atomic E-state index is 12.4. The van der Waals surface area contributed by atoms with E-state index in [4.69, 9.17) is 22.1 Å². The number of amides is 3. The van der Waals surface area contributed by atoms with Gasteiger partial charge in [0, 0.05) is 30.0 Å². The Labute approximate surface area is 224 Å². The fourth-order valence-electron chi connectivity index (χ4n) is 4.02. The summed E-state index contributed by atoms with van der Waals surface area (Å²) in [4.78, 5) is 48.0. The Hall–Kier alpha value is -4.11. The van der Waals surface area contributed by atoms with Crippen LogP contribution in [0.4, 0.5) is 15.6 Å². The second-order valence-electron chi connectivity index (χ2n) is 8.23. The molecular weight excluding hydrogens is 536 g/mol. The first-order valence-corrected chi connectivity index (χ1v) is 12.5. The van der Waals surface area contributed by atoms with Crippen LogP contribution in [0, 0.1) is 0 Å². The van der Waals surface area contributed by atoms with E-state index < -0.39 is 24.1 Å². The zero-order valence-electron chi connectivity index (χ0n) is 19.6. The number of nitrogens with zero attached hydrogens (tertiary/aromatic N) is 5. The Kier molecular flexibility index (Phi) is 7.20. The van der Waals surface area contributed by atoms with E-state index >= 15 is 0 Å². The van der Waals surface area contributed by atoms with E-state index in [2.05, 4.69) is 25.7 Å². The summed E-state index contributed by atoms with van der Waals surface area (Å²) < 4.78 is 6.70. The highest BCUT2D eigenvalue weighted by molar-refractivity contribution is 7.19. The number of halogens is 1. The van der Waals surface area contributed by atoms with Crippen molar-refractivity contribution in [2.24, 2.45) is 5.73 Å². The van der Waals surface area contributed by atoms with Gasteiger partial charge in [0.2, 0.25) is 0 Å². The van der Waals surface area contributed by atoms with Gasteiger partial charge in [-0.05, 0) is 30.3 Å². The summed E-state index contributed by atoms with van der Waals surface area (Å²) in [5, 5.41) is 20.5. The van der Waals surface area contributed by atoms with Gasteiger partial charge in [-0.3, -0.25) is 15.0 Å². The van der Waals surface area contributed by atoms with Crippen molar-refractivity contribution >= 4 is 62.7 Å². The minimum absolute atomic E-state index is 0.0511. The quantitative estimate of drug-likeness (QED) is 0.266. The number of hydrogen-bond acceptors (Lipinski definition) is 9. The number of carboxylic acids is 1. The number of carbonyl (C=O) groups is 3. The first-order valence-electron chi connectivity index (χ1n) is 11.3. The third-order valence-corrected chi connectivity index (χ3v) is 6.94. The molecule has 1 atom stereocenters. The standard InChI is InChI=1S/C23H21ClN8O5S/c24-12-1-3-13(4-2-12)28-22(36)30-23-26-11-17(38-23)16-9-14(21(34)35)15-10-27-32(19(15)29-16)20(18(25)33)31-5-7-37-8-6-31/h1-4,9-11,20H,5-8H2,(H2,25,33)(H,34,35)(H2,26,28,30,36). The van der Waals surface area contributed by atoms with Gasteiger partial charge in [0.1, 0.15) is 0 Å². The fourth-order valence-corrected chi connectivity index (χ4v) is 4.92. The number of fused-ring (bicyclic) bond motifs is 1. The number of nitrogens with two attached hydrogens (primary N) is 1. The molecule has 0 saturated carbocycles. The molecule has 0 radical (unpaired) electrons. The Morgan fingerprint density at radius 1 is 1.13 bits per heavy atom. The number of anilines is 2. The second kappa shape index (κ2) is 10.7. The van der Waals surface area contributed by atoms with Gasteiger partial charge in [-0.15, -0.1) is 0 Å². The molecule has 1 unspecified atom stereocenters. The number of primary amides is 1. The number of morpholine rings is 1. The molecule has 1 aliphatic rings. The van der Waals surface area contributed by atoms with Crippen molar-refractivity contribution in [3.05, 3.63) is 53.3 Å². The number of urea groups is 1. The number of aromatic nitrogens is 4. The molecule has 4 aromatic rings. The van der Waals surface area contributed by atoms with Gasteiger partial charge in [0.15, 0.2) is 16.9 Å². The molecule has 3 aromatic heterocycles. The van der Waals surface area contributed by atoms with Crippen molar-refractivity contribution < 1.29 is 24.2 Å². The van der Waals surface area contributed by atoms with Crippen LogP contribution in [0.5, 0.6) is 0 Å². The van der Waals surface area contributed by atoms with Crippen molar-refractivity contribution in [1.82, 2.24) is 24.6 Å². The number of rotatable bonds is 7. The summed E-state index contributed by atoms with van der Waals surface area (Å²) in [6, 6.07) is 7.48. The highest BCUT2D eigenvalue weighted by Gasteiger charge is 2.31. The summed E-state index contributed by atoms with van der Waals surface area (Å²) >= 11 is 6.97. The first kappa shape index (κ1) is 25.5. The summed E-state index contributed by atoms with van der Waals surface area (Å²) in [5.74, 6) is -1.85. The van der Waals surface area contributed by atoms with E-state index in [0.29, 0.717) is 41.9 Å². The molecule has 196 valence electrons. The Bertz CT molecular complexity index is 1520. The van der Waals surface area contributed by atoms with Crippen molar-refractivity contribution in [3.63, 3.8) is 0 Å². The SMILES string of the molecule is NC(=O)C(N1CCOCC1)n1ncc2c(C(=O)O)cc(-c3cnc(NC(=O)Nc4ccc(Cl)cc4)s3)nc21. The van der Waals surface area contributed by atoms with Crippen LogP contribution in [-0.4, -0.2) is 74.0 Å². The van der Waals surface area contributed by atoms with Crippen LogP contribution < -0.4 is 16.4 Å². The molecule has 4 heterocycles. The summed E-state index contributed by atoms with van der Waals surface area (Å²) in [6.07, 6.45) is 1.85. The lowest BCUT2D eigenvalue weighted by atomic mass is 10.1. The van der Waals surface area contributed by atoms with Crippen LogP contribution in [0.2, 0.25) is 5.02 Å². The van der Waals surface area contributed by atoms with Crippen LogP contribution in [-0.2, 0) is 9.53 Å². The number of thiazole rings is 1. The summed E-state index contributed by atoms with van der Waals surface area (Å²) in [7, 11) is 0. The molecule has 0 aliphatic carbocycles. The number of benzene rings is 1. The van der Waals surface area contributed by atoms with Crippen molar-refractivity contribution in [3.8, 4) is 10.6 Å². The maximum atomic E-state index is 12.4. The lowest BCUT2D eigenvalue weighted by Gasteiger charge is -2.32. The molecule has 0 spiro atoms. The van der Waals surface area contributed by atoms with Crippen molar-refractivity contribution in [2.45, 2.75) is 6.17 Å². The number of pyridine rings is 1. The topological polar surface area (TPSA) is 178 Å². The summed E-state index contributed by atoms with van der Waals surface area (Å²) in [6.45, 7) is 1.74. The van der Waals surface area contributed by atoms with E-state index in [-0.39, 0.29) is 27.4 Å². The summed E-state index contributed by atoms with van der Waals surface area (Å²) in [5.41, 5.74) is 6.67. The van der Waals surface area contributed by atoms with Crippen molar-refractivity contribution in [2.75, 3.05) is 36.9 Å². The zero-order valence-corrected chi connectivity index (χ0v) is 21.2. The van der Waals surface area contributed by atoms with Gasteiger partial charge in [0.05, 0.1) is 40.9 Å². The molecule has 13 nitrogen and oxygen atoms in total. The molecule has 1 aromatic carbocycles. The highest BCUT2D eigenvalue weighted by Crippen LogP contribution is 2.32. The number of ether oxygens (including phenoxy) is 1. The van der Waals surface area contributed by atoms with Gasteiger partial charge in [-0.1, -0.05) is 22.9 Å². The van der Waals surface area contributed by atoms with E-state index in [1.807, 2.05) is 0 Å². The van der Waals surface area contributed by atoms with Gasteiger partial charge >= 0.3 is 12.0 Å². The molecule has 0 bridgehead atoms. The zero-order chi connectivity index (χ0) is 26.8. The Balaban J connectivity index is 1.46. The van der Waals surface area contributed by atoms with E-state index in [1.54, 1.807) is 29.2 Å². The van der Waals surface area contributed by atoms with Gasteiger partial charge < -0.3 is 20.9 Å². The van der Waals surface area contributed by atoms with Gasteiger partial charge in [0.25, 0.3) is 5.91 Å². The van der Waals surface area contributed by atoms with Crippen LogP contribution in [0.15, 0.2) is 42.7 Å². The number of hydrogen-bond donors (Lipinski definition) is 4. The molecule has 5 rings (SSSR count). The molecule has 1 saturated heterocycles. The van der Waals surface area contributed by atoms with E-state index in [0.717, 1.165) is 11.3 Å². The predicted molar refractivity (Wildman–Crippen MR) is 140 cm³/mol. The van der Waals surface area contributed by atoms with E-state index in [1.165, 1.54) is 23.1 Å². The average Bonchev–Trinajstić information content (AvgIpc) is 3.53. The van der Waals surface area contributed by atoms with Crippen LogP contribution >= 0.6 is 22.9 Å². The minimum Gasteiger partial charge on any atom is -0.478 e. The minimum atomic E-state index is -1.19. The average molecular weight is 557 g/mol. The number of carbonyl (C=O) groups excluding carboxylic acids is 2. The molecule has 3 amide bonds. The van der Waals surface area contributed by atoms with Gasteiger partial charge in [-0.25, -0.2) is 24.2 Å². The highest BCUT2D eigenvalue weighted by atomic mass is 35.5. The monoisotopic (exact) mass is 556 g/mol. The second-order valence-corrected chi connectivity index (χ2v) is 9.69. The van der Waals surface area contributed by atoms with Crippen LogP contribution in [0.3, 0.4) is 0 Å². The third-order valence-electron chi connectivity index (χ3n) is 5.76. The Morgan fingerprint density at radius 3 is 2.55 bits per heavy atom. The fraction of sp³-hybridized carbons (Fsp3) is 0.217. The first-order chi connectivity index (χ1) is 18.3. The lowest BCUT2D eigenvalue weighted by Crippen LogP contribution is -2.47. The normalized spacial score (nSPS) is 14.8. The third kappa shape index (κ3) is 5.28. The van der Waals surface area contributed by atoms with Crippen molar-refractivity contribution in [1.29, 1.82) is 0 Å². The Morgan fingerprint density at radius 2 is 1.87 bits per heavy atom. The number of nitrogens with one attached hydrogen (secondary N) is 2. The molecule has 5 N–H and O–H groups in total. The molecule has 1 fully saturated rings. The number of carboxylic acid groups (broad SMARTS) is 1. The van der Waals surface area contributed by atoms with E-state index in [9.17, 15) is 19.5 Å². The smallest absolute Gasteiger partial charge is 0.336 e. The largest absolute Gasteiger partial charge is 0.478 e. The lowest BCUT2D eigenvalue weighted by molar-refractivity contribution is -0.129. The molecular formula is C23H21ClN8O5S. The van der Waals surface area contributed by atoms with Crippen LogP contribution in [0.25, 0.3) is 21.6 Å². The molecule has 38 heavy (non-hydrogen) atoms.